The number of aliphatic hydroxyl groups is 4. The predicted octanol–water partition coefficient (Wildman–Crippen LogP) is 15.7. The number of ketones is 1. The summed E-state index contributed by atoms with van der Waals surface area (Å²) in [5.74, 6) is -1.38. The molecule has 20 nitrogen and oxygen atoms in total. The molecule has 6 N–H and O–H groups in total. The van der Waals surface area contributed by atoms with Gasteiger partial charge in [-0.3, -0.25) is 14.4 Å². The molecule has 3 saturated carbocycles. The molecule has 17 rings (SSSR count). The molecular weight excluding hydrogens is 1520 g/mol. The van der Waals surface area contributed by atoms with Crippen LogP contribution in [0.15, 0.2) is 261 Å². The number of carbonyl (C=O) groups is 4. The molecule has 3 aliphatic heterocycles. The normalized spacial score (nSPS) is 25.3. The number of aryl methyl sites for hydroxylation is 5. The van der Waals surface area contributed by atoms with Gasteiger partial charge in [0.25, 0.3) is 0 Å². The van der Waals surface area contributed by atoms with Gasteiger partial charge in [-0.05, 0) is 132 Å². The molecular formula is C100H101NO19. The molecule has 0 aromatic heterocycles. The zero-order valence-corrected chi connectivity index (χ0v) is 69.4. The molecule has 6 aliphatic rings. The van der Waals surface area contributed by atoms with E-state index >= 15 is 0 Å². The first kappa shape index (κ1) is 86.8. The Balaban J connectivity index is 0.000000148. The van der Waals surface area contributed by atoms with E-state index in [2.05, 4.69) is 43.3 Å². The van der Waals surface area contributed by atoms with Gasteiger partial charge in [0, 0.05) is 70.9 Å². The fourth-order valence-electron chi connectivity index (χ4n) is 19.6. The van der Waals surface area contributed by atoms with Crippen LogP contribution >= 0.6 is 0 Å². The van der Waals surface area contributed by atoms with Gasteiger partial charge in [-0.15, -0.1) is 0 Å². The van der Waals surface area contributed by atoms with Gasteiger partial charge in [0.05, 0.1) is 48.2 Å². The number of hydrogen-bond donors (Lipinski definition) is 5. The Kier molecular flexibility index (Phi) is 25.7. The second kappa shape index (κ2) is 35.6. The number of aliphatic hydroxyl groups excluding tert-OH is 1. The Morgan fingerprint density at radius 1 is 0.475 bits per heavy atom. The second-order valence-electron chi connectivity index (χ2n) is 31.3. The fraction of sp³-hybridized carbons (Fsp3) is 0.290. The molecule has 3 aliphatic carbocycles. The SMILES string of the molecule is C=O.COC(=O)[C@@H]1[C@@H](c2ccccc2)[C@@]2(c3ccc(OC)cc3)C[C@]1(O)c1c(C)cc(C)cc1O2.COC(=O)[C@@H]1[C@@H](c2ccccc2)[C@]2(c3ccc(OC)cc3)Oc3cc(C)cc(C)c3[C@@]1(O)C2O.COc1cc(OC)c2c(c1)O[C@@]1(c3ccc(C)cc3)C(=O)[C@]2(O)[C@@H](C)[C@@H]1c1ccccc1.C[C@@H](c1ccccc1)[C@@H](N)c1ccccc1.O=C=O. The van der Waals surface area contributed by atoms with Gasteiger partial charge in [0.2, 0.25) is 11.4 Å². The van der Waals surface area contributed by atoms with Crippen molar-refractivity contribution in [1.29, 1.82) is 0 Å². The van der Waals surface area contributed by atoms with Crippen LogP contribution < -0.4 is 38.9 Å². The summed E-state index contributed by atoms with van der Waals surface area (Å²) in [6.07, 6.45) is -0.959. The molecule has 3 heterocycles. The lowest BCUT2D eigenvalue weighted by Gasteiger charge is -2.45. The van der Waals surface area contributed by atoms with Crippen LogP contribution in [0.5, 0.6) is 40.2 Å². The zero-order valence-electron chi connectivity index (χ0n) is 69.4. The number of carbonyl (C=O) groups excluding carboxylic acids is 6. The number of rotatable bonds is 15. The van der Waals surface area contributed by atoms with Crippen LogP contribution in [0.2, 0.25) is 0 Å². The Morgan fingerprint density at radius 3 is 1.38 bits per heavy atom. The molecule has 0 amide bonds. The maximum Gasteiger partial charge on any atom is 0.373 e. The Labute approximate surface area is 699 Å². The lowest BCUT2D eigenvalue weighted by Crippen LogP contribution is -2.55. The van der Waals surface area contributed by atoms with Gasteiger partial charge in [0.15, 0.2) is 11.2 Å². The Hall–Kier alpha value is -12.5. The van der Waals surface area contributed by atoms with E-state index in [-0.39, 0.29) is 24.4 Å². The fourth-order valence-corrected chi connectivity index (χ4v) is 19.6. The van der Waals surface area contributed by atoms with Crippen LogP contribution in [-0.2, 0) is 71.8 Å². The van der Waals surface area contributed by atoms with Crippen molar-refractivity contribution in [3.05, 3.63) is 350 Å². The van der Waals surface area contributed by atoms with Gasteiger partial charge >= 0.3 is 18.1 Å². The number of methoxy groups -OCH3 is 6. The van der Waals surface area contributed by atoms with E-state index in [1.165, 1.54) is 32.5 Å². The highest BCUT2D eigenvalue weighted by Crippen LogP contribution is 2.70. The number of Topliss-reactive ketones (excluding diaryl/α,β-unsaturated/α-hetero) is 1. The Morgan fingerprint density at radius 2 is 0.900 bits per heavy atom. The summed E-state index contributed by atoms with van der Waals surface area (Å²) in [6.45, 7) is 15.8. The average Bonchev–Trinajstić information content (AvgIpc) is 1.52. The molecule has 6 bridgehead atoms. The smallest absolute Gasteiger partial charge is 0.373 e. The summed E-state index contributed by atoms with van der Waals surface area (Å²) in [4.78, 5) is 65.2. The van der Waals surface area contributed by atoms with Crippen molar-refractivity contribution >= 4 is 30.7 Å². The van der Waals surface area contributed by atoms with E-state index in [9.17, 15) is 34.8 Å². The molecule has 11 aromatic rings. The van der Waals surface area contributed by atoms with Gasteiger partial charge in [-0.25, -0.2) is 0 Å². The molecule has 3 fully saturated rings. The van der Waals surface area contributed by atoms with Crippen LogP contribution in [0.4, 0.5) is 0 Å². The largest absolute Gasteiger partial charge is 0.497 e. The van der Waals surface area contributed by atoms with E-state index in [1.807, 2.05) is 249 Å². The minimum atomic E-state index is -1.93. The molecule has 20 heteroatoms. The molecule has 620 valence electrons. The van der Waals surface area contributed by atoms with E-state index in [1.54, 1.807) is 45.6 Å². The number of esters is 2. The number of nitrogens with two attached hydrogens (primary N) is 1. The highest BCUT2D eigenvalue weighted by Gasteiger charge is 2.77. The molecule has 0 radical (unpaired) electrons. The van der Waals surface area contributed by atoms with Crippen molar-refractivity contribution in [2.24, 2.45) is 23.5 Å². The molecule has 11 aromatic carbocycles. The van der Waals surface area contributed by atoms with E-state index < -0.39 is 87.2 Å². The van der Waals surface area contributed by atoms with Crippen LogP contribution in [0, 0.1) is 52.4 Å². The number of fused-ring (bicyclic) bond motifs is 12. The van der Waals surface area contributed by atoms with Crippen molar-refractivity contribution in [3.8, 4) is 40.2 Å². The Bertz CT molecular complexity index is 5440. The van der Waals surface area contributed by atoms with E-state index in [0.717, 1.165) is 61.4 Å². The molecule has 15 atom stereocenters. The summed E-state index contributed by atoms with van der Waals surface area (Å²) < 4.78 is 52.5. The number of hydrogen-bond acceptors (Lipinski definition) is 20. The van der Waals surface area contributed by atoms with Crippen LogP contribution in [0.3, 0.4) is 0 Å². The van der Waals surface area contributed by atoms with Gasteiger partial charge in [0.1, 0.15) is 81.8 Å². The lowest BCUT2D eigenvalue weighted by molar-refractivity contribution is -0.192. The van der Waals surface area contributed by atoms with Gasteiger partial charge in [-0.1, -0.05) is 232 Å². The second-order valence-corrected chi connectivity index (χ2v) is 31.3. The monoisotopic (exact) mass is 1620 g/mol. The van der Waals surface area contributed by atoms with Crippen molar-refractivity contribution in [3.63, 3.8) is 0 Å². The van der Waals surface area contributed by atoms with Crippen LogP contribution in [0.25, 0.3) is 0 Å². The standard InChI is InChI=1S/C28H28O6.C28H28O5.C27H26O5.C15H17N.CO2.CH2O/c1-16-14-17(2)22-21(15-16)34-28(19-10-12-20(32-3)13-11-19)23(18-8-6-5-7-9-18)24(25(29)33-4)27(22,31)26(28)30;1-17-14-18(2)23-22(15-17)33-28(20-10-12-21(31-3)13-11-20)16-27(23,30)25(26(29)32-4)24(28)19-8-6-5-7-9-19;1-16-10-12-19(13-11-16)27-23(18-8-6-5-7-9-18)17(2)26(29,25(27)28)24-21(31-4)14-20(30-3)15-22(24)32-27;1-12(13-8-4-2-5-9-13)15(16)14-10-6-3-7-11-14;2-1-3;1-2/h5-15,23-24,26,30-31H,1-4H3;5-15,24-25,30H,16H2,1-4H3;5-15,17,23,29H,1-4H3;2-12,15H,16H2,1H3;;1H2/t23-,24+,26?,27+,28+;24-,25+,27+,28+;17-,23+,26-,27+;12-,15+;;/m1100../s1. The summed E-state index contributed by atoms with van der Waals surface area (Å²) in [7, 11) is 8.95. The number of benzene rings is 11. The quantitative estimate of drug-likeness (QED) is 0.0596. The first-order chi connectivity index (χ1) is 57.7. The highest BCUT2D eigenvalue weighted by atomic mass is 16.6. The van der Waals surface area contributed by atoms with Gasteiger partial charge in [-0.2, -0.15) is 9.59 Å². The molecule has 1 unspecified atom stereocenters. The first-order valence-corrected chi connectivity index (χ1v) is 39.5. The van der Waals surface area contributed by atoms with Crippen LogP contribution in [0.1, 0.15) is 139 Å². The van der Waals surface area contributed by atoms with E-state index in [0.29, 0.717) is 62.7 Å². The topological polar surface area (TPSA) is 292 Å². The molecule has 120 heavy (non-hydrogen) atoms. The third kappa shape index (κ3) is 14.8. The van der Waals surface area contributed by atoms with Crippen molar-refractivity contribution in [2.75, 3.05) is 42.7 Å². The van der Waals surface area contributed by atoms with E-state index in [4.69, 9.17) is 62.7 Å². The first-order valence-electron chi connectivity index (χ1n) is 39.5. The zero-order chi connectivity index (χ0) is 86.4. The van der Waals surface area contributed by atoms with Crippen molar-refractivity contribution < 1.29 is 91.8 Å². The maximum atomic E-state index is 14.2. The summed E-state index contributed by atoms with van der Waals surface area (Å²) >= 11 is 0. The molecule has 0 spiro atoms. The van der Waals surface area contributed by atoms with Crippen molar-refractivity contribution in [2.45, 2.75) is 124 Å². The minimum absolute atomic E-state index is 0.0589. The molecule has 0 saturated heterocycles. The highest BCUT2D eigenvalue weighted by molar-refractivity contribution is 6.03. The summed E-state index contributed by atoms with van der Waals surface area (Å²) in [5, 5.41) is 48.9. The van der Waals surface area contributed by atoms with Gasteiger partial charge < -0.3 is 73.6 Å². The maximum absolute atomic E-state index is 14.2. The lowest BCUT2D eigenvalue weighted by atomic mass is 9.75. The minimum Gasteiger partial charge on any atom is -0.497 e. The summed E-state index contributed by atoms with van der Waals surface area (Å²) in [6, 6.07) is 83.5. The third-order valence-corrected chi connectivity index (χ3v) is 24.7. The van der Waals surface area contributed by atoms with Crippen molar-refractivity contribution in [1.82, 2.24) is 0 Å². The predicted molar refractivity (Wildman–Crippen MR) is 451 cm³/mol. The average molecular weight is 1620 g/mol. The van der Waals surface area contributed by atoms with Crippen LogP contribution in [-0.4, -0.2) is 99.9 Å². The summed E-state index contributed by atoms with van der Waals surface area (Å²) in [5.41, 5.74) is 10.8. The number of ether oxygens (including phenoxy) is 9. The third-order valence-electron chi connectivity index (χ3n) is 24.7.